The maximum atomic E-state index is 13.2. The number of nitrogens with one attached hydrogen (secondary N) is 2. The minimum atomic E-state index is -0.472. The molecule has 0 bridgehead atoms. The topological polar surface area (TPSA) is 54.0 Å². The van der Waals surface area contributed by atoms with Crippen molar-refractivity contribution in [2.24, 2.45) is 0 Å². The zero-order valence-electron chi connectivity index (χ0n) is 12.5. The minimum Gasteiger partial charge on any atom is -0.354 e. The van der Waals surface area contributed by atoms with E-state index in [1.165, 1.54) is 18.3 Å². The molecular weight excluding hydrogens is 317 g/mol. The van der Waals surface area contributed by atoms with E-state index < -0.39 is 5.82 Å². The first-order chi connectivity index (χ1) is 11.1. The number of rotatable bonds is 4. The van der Waals surface area contributed by atoms with Crippen LogP contribution < -0.4 is 10.6 Å². The molecule has 2 N–H and O–H groups in total. The van der Waals surface area contributed by atoms with Gasteiger partial charge in [0.1, 0.15) is 5.82 Å². The molecule has 6 heteroatoms. The average Bonchev–Trinajstić information content (AvgIpc) is 3.04. The van der Waals surface area contributed by atoms with Crippen LogP contribution in [0.5, 0.6) is 0 Å². The lowest BCUT2D eigenvalue weighted by Crippen LogP contribution is -2.32. The summed E-state index contributed by atoms with van der Waals surface area (Å²) >= 11 is 5.76. The van der Waals surface area contributed by atoms with E-state index >= 15 is 0 Å². The maximum Gasteiger partial charge on any atom is 0.253 e. The van der Waals surface area contributed by atoms with E-state index in [0.29, 0.717) is 16.9 Å². The minimum absolute atomic E-state index is 0.0399. The molecule has 1 amide bonds. The molecule has 0 spiro atoms. The Morgan fingerprint density at radius 3 is 2.70 bits per heavy atom. The second kappa shape index (κ2) is 6.96. The van der Waals surface area contributed by atoms with Crippen LogP contribution in [0.25, 0.3) is 0 Å². The van der Waals surface area contributed by atoms with Gasteiger partial charge < -0.3 is 10.6 Å². The van der Waals surface area contributed by atoms with Crippen molar-refractivity contribution in [3.8, 4) is 0 Å². The number of nitrogens with zero attached hydrogens (tertiary/aromatic N) is 1. The molecule has 1 aliphatic rings. The Bertz CT molecular complexity index is 717. The van der Waals surface area contributed by atoms with Gasteiger partial charge in [0.05, 0.1) is 22.5 Å². The molecule has 1 saturated carbocycles. The summed E-state index contributed by atoms with van der Waals surface area (Å²) in [4.78, 5) is 16.3. The van der Waals surface area contributed by atoms with Crippen molar-refractivity contribution < 1.29 is 9.18 Å². The molecule has 4 nitrogen and oxygen atoms in total. The van der Waals surface area contributed by atoms with Gasteiger partial charge in [0.2, 0.25) is 0 Å². The molecule has 0 unspecified atom stereocenters. The van der Waals surface area contributed by atoms with Crippen molar-refractivity contribution in [3.05, 3.63) is 53.1 Å². The number of halogens is 2. The number of amides is 1. The molecule has 0 atom stereocenters. The number of carbonyl (C=O) groups excluding carboxylic acids is 1. The van der Waals surface area contributed by atoms with Crippen LogP contribution in [0.4, 0.5) is 15.8 Å². The smallest absolute Gasteiger partial charge is 0.253 e. The van der Waals surface area contributed by atoms with Crippen molar-refractivity contribution >= 4 is 28.9 Å². The van der Waals surface area contributed by atoms with E-state index in [4.69, 9.17) is 11.6 Å². The van der Waals surface area contributed by atoms with Crippen molar-refractivity contribution in [3.63, 3.8) is 0 Å². The zero-order chi connectivity index (χ0) is 16.2. The van der Waals surface area contributed by atoms with Gasteiger partial charge in [0.25, 0.3) is 5.91 Å². The van der Waals surface area contributed by atoms with Crippen molar-refractivity contribution in [2.45, 2.75) is 31.7 Å². The first-order valence-electron chi connectivity index (χ1n) is 7.60. The standard InChI is InChI=1S/C17H17ClFN3O/c18-15-8-13(5-6-16(15)19)21-14-7-11(9-20-10-14)17(23)22-12-3-1-2-4-12/h5-10,12,21H,1-4H2,(H,22,23). The van der Waals surface area contributed by atoms with Crippen molar-refractivity contribution in [2.75, 3.05) is 5.32 Å². The summed E-state index contributed by atoms with van der Waals surface area (Å²) in [5.74, 6) is -0.592. The average molecular weight is 334 g/mol. The van der Waals surface area contributed by atoms with Gasteiger partial charge in [-0.2, -0.15) is 0 Å². The van der Waals surface area contributed by atoms with Gasteiger partial charge in [-0.15, -0.1) is 0 Å². The number of carbonyl (C=O) groups is 1. The third-order valence-corrected chi connectivity index (χ3v) is 4.19. The number of benzene rings is 1. The van der Waals surface area contributed by atoms with Gasteiger partial charge in [0.15, 0.2) is 0 Å². The van der Waals surface area contributed by atoms with Gasteiger partial charge in [-0.25, -0.2) is 4.39 Å². The lowest BCUT2D eigenvalue weighted by atomic mass is 10.2. The van der Waals surface area contributed by atoms with Gasteiger partial charge in [0, 0.05) is 17.9 Å². The van der Waals surface area contributed by atoms with E-state index in [1.807, 2.05) is 0 Å². The molecular formula is C17H17ClFN3O. The number of hydrogen-bond acceptors (Lipinski definition) is 3. The highest BCUT2D eigenvalue weighted by Gasteiger charge is 2.18. The molecule has 1 aromatic heterocycles. The Kier molecular flexibility index (Phi) is 4.76. The summed E-state index contributed by atoms with van der Waals surface area (Å²) in [7, 11) is 0. The Morgan fingerprint density at radius 1 is 1.17 bits per heavy atom. The Balaban J connectivity index is 1.71. The monoisotopic (exact) mass is 333 g/mol. The largest absolute Gasteiger partial charge is 0.354 e. The number of aromatic nitrogens is 1. The first-order valence-corrected chi connectivity index (χ1v) is 7.97. The van der Waals surface area contributed by atoms with Crippen LogP contribution in [0.15, 0.2) is 36.7 Å². The van der Waals surface area contributed by atoms with Crippen molar-refractivity contribution in [1.29, 1.82) is 0 Å². The SMILES string of the molecule is O=C(NC1CCCC1)c1cncc(Nc2ccc(F)c(Cl)c2)c1. The molecule has 1 heterocycles. The van der Waals surface area contributed by atoms with E-state index in [9.17, 15) is 9.18 Å². The predicted octanol–water partition coefficient (Wildman–Crippen LogP) is 4.29. The van der Waals surface area contributed by atoms with E-state index in [-0.39, 0.29) is 17.0 Å². The number of pyridine rings is 1. The quantitative estimate of drug-likeness (QED) is 0.877. The Labute approximate surface area is 139 Å². The fraction of sp³-hybridized carbons (Fsp3) is 0.294. The molecule has 120 valence electrons. The molecule has 0 aliphatic heterocycles. The third kappa shape index (κ3) is 3.99. The van der Waals surface area contributed by atoms with Crippen LogP contribution in [0.3, 0.4) is 0 Å². The van der Waals surface area contributed by atoms with E-state index in [1.54, 1.807) is 18.3 Å². The van der Waals surface area contributed by atoms with Crippen LogP contribution in [0.2, 0.25) is 5.02 Å². The second-order valence-corrected chi connectivity index (χ2v) is 6.08. The van der Waals surface area contributed by atoms with Gasteiger partial charge in [-0.3, -0.25) is 9.78 Å². The van der Waals surface area contributed by atoms with Crippen LogP contribution >= 0.6 is 11.6 Å². The Morgan fingerprint density at radius 2 is 1.96 bits per heavy atom. The van der Waals surface area contributed by atoms with Crippen molar-refractivity contribution in [1.82, 2.24) is 10.3 Å². The maximum absolute atomic E-state index is 13.2. The molecule has 2 aromatic rings. The van der Waals surface area contributed by atoms with Gasteiger partial charge in [-0.1, -0.05) is 24.4 Å². The second-order valence-electron chi connectivity index (χ2n) is 5.67. The van der Waals surface area contributed by atoms with Gasteiger partial charge in [-0.05, 0) is 37.1 Å². The molecule has 3 rings (SSSR count). The summed E-state index contributed by atoms with van der Waals surface area (Å²) in [6.45, 7) is 0. The molecule has 23 heavy (non-hydrogen) atoms. The molecule has 1 fully saturated rings. The van der Waals surface area contributed by atoms with Crippen LogP contribution in [-0.4, -0.2) is 16.9 Å². The third-order valence-electron chi connectivity index (χ3n) is 3.90. The highest BCUT2D eigenvalue weighted by atomic mass is 35.5. The molecule has 0 saturated heterocycles. The predicted molar refractivity (Wildman–Crippen MR) is 88.7 cm³/mol. The zero-order valence-corrected chi connectivity index (χ0v) is 13.2. The summed E-state index contributed by atoms with van der Waals surface area (Å²) < 4.78 is 13.2. The molecule has 0 radical (unpaired) electrons. The first kappa shape index (κ1) is 15.7. The summed E-state index contributed by atoms with van der Waals surface area (Å²) in [5, 5.41) is 6.13. The summed E-state index contributed by atoms with van der Waals surface area (Å²) in [6.07, 6.45) is 7.53. The van der Waals surface area contributed by atoms with Crippen LogP contribution in [0.1, 0.15) is 36.0 Å². The molecule has 1 aliphatic carbocycles. The molecule has 1 aromatic carbocycles. The summed E-state index contributed by atoms with van der Waals surface area (Å²) in [5.41, 5.74) is 1.77. The highest BCUT2D eigenvalue weighted by Crippen LogP contribution is 2.23. The van der Waals surface area contributed by atoms with E-state index in [0.717, 1.165) is 25.7 Å². The summed E-state index contributed by atoms with van der Waals surface area (Å²) in [6, 6.07) is 6.33. The lowest BCUT2D eigenvalue weighted by molar-refractivity contribution is 0.0937. The highest BCUT2D eigenvalue weighted by molar-refractivity contribution is 6.31. The van der Waals surface area contributed by atoms with Gasteiger partial charge >= 0.3 is 0 Å². The normalized spacial score (nSPS) is 14.7. The van der Waals surface area contributed by atoms with Crippen LogP contribution in [0, 0.1) is 5.82 Å². The van der Waals surface area contributed by atoms with E-state index in [2.05, 4.69) is 15.6 Å². The fourth-order valence-corrected chi connectivity index (χ4v) is 2.89. The van der Waals surface area contributed by atoms with Crippen LogP contribution in [-0.2, 0) is 0 Å². The fourth-order valence-electron chi connectivity index (χ4n) is 2.71. The lowest BCUT2D eigenvalue weighted by Gasteiger charge is -2.12. The number of anilines is 2. The Hall–Kier alpha value is -2.14. The number of hydrogen-bond donors (Lipinski definition) is 2.